The number of halogens is 1. The van der Waals surface area contributed by atoms with Crippen molar-refractivity contribution in [3.8, 4) is 16.9 Å². The van der Waals surface area contributed by atoms with Gasteiger partial charge in [-0.15, -0.1) is 11.3 Å². The van der Waals surface area contributed by atoms with Crippen LogP contribution in [0.25, 0.3) is 32.1 Å². The zero-order valence-corrected chi connectivity index (χ0v) is 17.5. The standard InChI is InChI=1S/C24H18FN3O2S/c1-30-17-8-9-20(25)18(12-17)19-14-31-22-13-26-28(24(29)23(19)22)11-10-16-7-6-15-4-2-3-5-21(15)27-16/h2-9,12-14H,10-11H2,1H3. The first kappa shape index (κ1) is 19.4. The fourth-order valence-electron chi connectivity index (χ4n) is 3.66. The molecule has 2 aromatic carbocycles. The van der Waals surface area contributed by atoms with Crippen molar-refractivity contribution in [2.45, 2.75) is 13.0 Å². The van der Waals surface area contributed by atoms with Gasteiger partial charge in [0.2, 0.25) is 0 Å². The summed E-state index contributed by atoms with van der Waals surface area (Å²) in [6, 6.07) is 16.4. The highest BCUT2D eigenvalue weighted by atomic mass is 32.1. The van der Waals surface area contributed by atoms with E-state index >= 15 is 0 Å². The maximum atomic E-state index is 14.5. The van der Waals surface area contributed by atoms with Gasteiger partial charge in [0.25, 0.3) is 5.56 Å². The van der Waals surface area contributed by atoms with Gasteiger partial charge in [0.05, 0.1) is 35.5 Å². The third kappa shape index (κ3) is 3.57. The highest BCUT2D eigenvalue weighted by Gasteiger charge is 2.16. The molecule has 0 amide bonds. The minimum absolute atomic E-state index is 0.239. The van der Waals surface area contributed by atoms with Crippen molar-refractivity contribution in [3.63, 3.8) is 0 Å². The second kappa shape index (κ2) is 7.92. The fraction of sp³-hybridized carbons (Fsp3) is 0.125. The van der Waals surface area contributed by atoms with Crippen molar-refractivity contribution < 1.29 is 9.13 Å². The second-order valence-electron chi connectivity index (χ2n) is 7.15. The molecule has 0 aliphatic carbocycles. The molecule has 0 unspecified atom stereocenters. The SMILES string of the molecule is COc1ccc(F)c(-c2csc3cnn(CCc4ccc5ccccc5n4)c(=O)c23)c1. The topological polar surface area (TPSA) is 57.0 Å². The van der Waals surface area contributed by atoms with Gasteiger partial charge < -0.3 is 4.74 Å². The van der Waals surface area contributed by atoms with Gasteiger partial charge in [-0.05, 0) is 30.3 Å². The van der Waals surface area contributed by atoms with Gasteiger partial charge in [-0.1, -0.05) is 24.3 Å². The second-order valence-corrected chi connectivity index (χ2v) is 8.06. The molecule has 0 fully saturated rings. The van der Waals surface area contributed by atoms with Gasteiger partial charge in [-0.2, -0.15) is 5.10 Å². The van der Waals surface area contributed by atoms with Crippen LogP contribution in [0.2, 0.25) is 0 Å². The monoisotopic (exact) mass is 431 g/mol. The molecule has 5 nitrogen and oxygen atoms in total. The Labute approximate surface area is 181 Å². The van der Waals surface area contributed by atoms with Crippen molar-refractivity contribution in [1.82, 2.24) is 14.8 Å². The Balaban J connectivity index is 1.51. The largest absolute Gasteiger partial charge is 0.497 e. The lowest BCUT2D eigenvalue weighted by molar-refractivity contribution is 0.414. The summed E-state index contributed by atoms with van der Waals surface area (Å²) in [4.78, 5) is 17.9. The first-order valence-corrected chi connectivity index (χ1v) is 10.7. The molecule has 0 atom stereocenters. The molecule has 31 heavy (non-hydrogen) atoms. The lowest BCUT2D eigenvalue weighted by atomic mass is 10.0. The number of fused-ring (bicyclic) bond motifs is 2. The Hall–Kier alpha value is -3.58. The number of pyridine rings is 1. The third-order valence-corrected chi connectivity index (χ3v) is 6.20. The van der Waals surface area contributed by atoms with Crippen LogP contribution in [0.15, 0.2) is 71.0 Å². The van der Waals surface area contributed by atoms with Crippen LogP contribution >= 0.6 is 11.3 Å². The number of aromatic nitrogens is 3. The maximum Gasteiger partial charge on any atom is 0.276 e. The Bertz CT molecular complexity index is 1480. The molecule has 5 aromatic rings. The molecule has 0 N–H and O–H groups in total. The predicted molar refractivity (Wildman–Crippen MR) is 121 cm³/mol. The number of ether oxygens (including phenoxy) is 1. The number of nitrogens with zero attached hydrogens (tertiary/aromatic N) is 3. The van der Waals surface area contributed by atoms with Crippen LogP contribution in [0.1, 0.15) is 5.69 Å². The molecule has 0 aliphatic heterocycles. The number of aryl methyl sites for hydroxylation is 2. The smallest absolute Gasteiger partial charge is 0.276 e. The van der Waals surface area contributed by atoms with Gasteiger partial charge in [-0.3, -0.25) is 9.78 Å². The summed E-state index contributed by atoms with van der Waals surface area (Å²) in [5, 5.41) is 7.65. The molecular weight excluding hydrogens is 413 g/mol. The van der Waals surface area contributed by atoms with E-state index in [1.54, 1.807) is 23.7 Å². The van der Waals surface area contributed by atoms with Crippen LogP contribution < -0.4 is 10.3 Å². The minimum atomic E-state index is -0.399. The van der Waals surface area contributed by atoms with Crippen molar-refractivity contribution in [2.24, 2.45) is 0 Å². The molecular formula is C24H18FN3O2S. The first-order valence-electron chi connectivity index (χ1n) is 9.80. The molecule has 0 saturated carbocycles. The zero-order chi connectivity index (χ0) is 21.4. The number of benzene rings is 2. The van der Waals surface area contributed by atoms with E-state index in [1.807, 2.05) is 36.4 Å². The van der Waals surface area contributed by atoms with Gasteiger partial charge in [0.15, 0.2) is 0 Å². The summed E-state index contributed by atoms with van der Waals surface area (Å²) < 4.78 is 21.9. The quantitative estimate of drug-likeness (QED) is 0.390. The Morgan fingerprint density at radius 1 is 1.10 bits per heavy atom. The van der Waals surface area contributed by atoms with Gasteiger partial charge in [0, 0.05) is 34.0 Å². The van der Waals surface area contributed by atoms with Gasteiger partial charge in [-0.25, -0.2) is 9.07 Å². The normalized spacial score (nSPS) is 11.3. The van der Waals surface area contributed by atoms with E-state index < -0.39 is 5.82 Å². The number of rotatable bonds is 5. The van der Waals surface area contributed by atoms with Crippen LogP contribution in [0.5, 0.6) is 5.75 Å². The van der Waals surface area contributed by atoms with Crippen molar-refractivity contribution in [3.05, 3.63) is 88.0 Å². The number of hydrogen-bond donors (Lipinski definition) is 0. The summed E-state index contributed by atoms with van der Waals surface area (Å²) >= 11 is 1.37. The molecule has 154 valence electrons. The highest BCUT2D eigenvalue weighted by Crippen LogP contribution is 2.34. The van der Waals surface area contributed by atoms with Crippen LogP contribution in [0.3, 0.4) is 0 Å². The van der Waals surface area contributed by atoms with E-state index in [1.165, 1.54) is 29.2 Å². The number of thiophene rings is 1. The summed E-state index contributed by atoms with van der Waals surface area (Å²) in [7, 11) is 1.53. The van der Waals surface area contributed by atoms with E-state index in [0.717, 1.165) is 21.3 Å². The van der Waals surface area contributed by atoms with Crippen LogP contribution in [0, 0.1) is 5.82 Å². The predicted octanol–water partition coefficient (Wildman–Crippen LogP) is 5.06. The number of para-hydroxylation sites is 1. The average molecular weight is 431 g/mol. The van der Waals surface area contributed by atoms with E-state index in [-0.39, 0.29) is 5.56 Å². The molecule has 3 aromatic heterocycles. The number of hydrogen-bond acceptors (Lipinski definition) is 5. The van der Waals surface area contributed by atoms with E-state index in [0.29, 0.717) is 35.2 Å². The van der Waals surface area contributed by atoms with Crippen LogP contribution in [-0.2, 0) is 13.0 Å². The number of methoxy groups -OCH3 is 1. The Morgan fingerprint density at radius 3 is 2.84 bits per heavy atom. The summed E-state index contributed by atoms with van der Waals surface area (Å²) in [5.41, 5.74) is 2.47. The molecule has 0 radical (unpaired) electrons. The molecule has 3 heterocycles. The van der Waals surface area contributed by atoms with E-state index in [2.05, 4.69) is 10.1 Å². The molecule has 0 saturated heterocycles. The van der Waals surface area contributed by atoms with Crippen LogP contribution in [-0.4, -0.2) is 21.9 Å². The summed E-state index contributed by atoms with van der Waals surface area (Å²) in [5.74, 6) is 0.135. The molecule has 7 heteroatoms. The zero-order valence-electron chi connectivity index (χ0n) is 16.7. The highest BCUT2D eigenvalue weighted by molar-refractivity contribution is 7.17. The lowest BCUT2D eigenvalue weighted by Gasteiger charge is -2.08. The summed E-state index contributed by atoms with van der Waals surface area (Å²) in [6.45, 7) is 0.385. The van der Waals surface area contributed by atoms with Gasteiger partial charge in [0.1, 0.15) is 11.6 Å². The molecule has 5 rings (SSSR count). The van der Waals surface area contributed by atoms with Crippen molar-refractivity contribution >= 4 is 32.3 Å². The Morgan fingerprint density at radius 2 is 1.97 bits per heavy atom. The van der Waals surface area contributed by atoms with Gasteiger partial charge >= 0.3 is 0 Å². The maximum absolute atomic E-state index is 14.5. The van der Waals surface area contributed by atoms with E-state index in [9.17, 15) is 9.18 Å². The molecule has 0 aliphatic rings. The van der Waals surface area contributed by atoms with E-state index in [4.69, 9.17) is 4.74 Å². The first-order chi connectivity index (χ1) is 15.1. The van der Waals surface area contributed by atoms with Crippen molar-refractivity contribution in [2.75, 3.05) is 7.11 Å². The summed E-state index contributed by atoms with van der Waals surface area (Å²) in [6.07, 6.45) is 2.23. The van der Waals surface area contributed by atoms with Crippen molar-refractivity contribution in [1.29, 1.82) is 0 Å². The average Bonchev–Trinajstić information content (AvgIpc) is 3.23. The fourth-order valence-corrected chi connectivity index (χ4v) is 4.57. The minimum Gasteiger partial charge on any atom is -0.497 e. The third-order valence-electron chi connectivity index (χ3n) is 5.28. The lowest BCUT2D eigenvalue weighted by Crippen LogP contribution is -2.23. The Kier molecular flexibility index (Phi) is 4.95. The molecule has 0 bridgehead atoms. The van der Waals surface area contributed by atoms with Crippen LogP contribution in [0.4, 0.5) is 4.39 Å². The molecule has 0 spiro atoms.